The summed E-state index contributed by atoms with van der Waals surface area (Å²) in [5.41, 5.74) is -0.267. The van der Waals surface area contributed by atoms with E-state index in [0.29, 0.717) is 26.3 Å². The number of non-ortho nitro benzene ring substituents is 1. The molecule has 0 spiro atoms. The van der Waals surface area contributed by atoms with Crippen molar-refractivity contribution in [3.8, 4) is 0 Å². The molecule has 0 bridgehead atoms. The zero-order valence-electron chi connectivity index (χ0n) is 12.3. The number of hydrogen-bond acceptors (Lipinski definition) is 7. The Morgan fingerprint density at radius 2 is 1.74 bits per heavy atom. The standard InChI is InChI=1S/C12H18N2O7S.Na.H/c1-20-7-5-13(6-8-21-2)11-4-3-10(14(15)16)9-12(11)22(17,18)19;;/h3-4,9H,5-8H2,1-2H3,(H,17,18,19);;. The van der Waals surface area contributed by atoms with Crippen LogP contribution in [0.4, 0.5) is 11.4 Å². The SMILES string of the molecule is COCCN(CCOC)c1ccc([N+](=O)[O-])cc1S(=O)(=O)O.[NaH]. The van der Waals surface area contributed by atoms with Crippen molar-refractivity contribution in [2.45, 2.75) is 4.90 Å². The molecule has 23 heavy (non-hydrogen) atoms. The van der Waals surface area contributed by atoms with E-state index in [1.54, 1.807) is 4.90 Å². The molecule has 0 aliphatic heterocycles. The van der Waals surface area contributed by atoms with E-state index in [0.717, 1.165) is 6.07 Å². The summed E-state index contributed by atoms with van der Waals surface area (Å²) in [7, 11) is -1.62. The molecule has 0 atom stereocenters. The van der Waals surface area contributed by atoms with Gasteiger partial charge in [-0.25, -0.2) is 0 Å². The molecule has 0 saturated heterocycles. The Hall–Kier alpha value is -0.750. The van der Waals surface area contributed by atoms with Crippen LogP contribution in [0.1, 0.15) is 0 Å². The van der Waals surface area contributed by atoms with Crippen LogP contribution in [-0.4, -0.2) is 88.0 Å². The molecule has 11 heteroatoms. The summed E-state index contributed by atoms with van der Waals surface area (Å²) in [6.45, 7) is 1.29. The summed E-state index contributed by atoms with van der Waals surface area (Å²) in [4.78, 5) is 11.1. The zero-order valence-corrected chi connectivity index (χ0v) is 13.1. The fourth-order valence-electron chi connectivity index (χ4n) is 1.84. The maximum atomic E-state index is 11.5. The van der Waals surface area contributed by atoms with Gasteiger partial charge in [0.2, 0.25) is 0 Å². The van der Waals surface area contributed by atoms with E-state index in [-0.39, 0.29) is 35.2 Å². The van der Waals surface area contributed by atoms with E-state index in [4.69, 9.17) is 9.47 Å². The van der Waals surface area contributed by atoms with Crippen molar-refractivity contribution >= 4 is 51.1 Å². The third kappa shape index (κ3) is 6.71. The van der Waals surface area contributed by atoms with Gasteiger partial charge in [-0.1, -0.05) is 0 Å². The molecule has 1 rings (SSSR count). The first-order valence-electron chi connectivity index (χ1n) is 6.30. The number of hydrogen-bond donors (Lipinski definition) is 1. The summed E-state index contributed by atoms with van der Waals surface area (Å²) in [6, 6.07) is 3.29. The summed E-state index contributed by atoms with van der Waals surface area (Å²) in [6.07, 6.45) is 0. The molecule has 126 valence electrons. The van der Waals surface area contributed by atoms with Crippen molar-refractivity contribution in [3.05, 3.63) is 28.3 Å². The number of rotatable bonds is 9. The van der Waals surface area contributed by atoms with E-state index in [1.807, 2.05) is 0 Å². The van der Waals surface area contributed by atoms with E-state index in [2.05, 4.69) is 0 Å². The second kappa shape index (κ2) is 10.2. The third-order valence-corrected chi connectivity index (χ3v) is 3.79. The number of methoxy groups -OCH3 is 2. The van der Waals surface area contributed by atoms with E-state index in [1.165, 1.54) is 26.4 Å². The average Bonchev–Trinajstić information content (AvgIpc) is 2.46. The van der Waals surface area contributed by atoms with Gasteiger partial charge in [0.25, 0.3) is 15.8 Å². The predicted molar refractivity (Wildman–Crippen MR) is 86.0 cm³/mol. The molecule has 1 N–H and O–H groups in total. The molecule has 0 saturated carbocycles. The summed E-state index contributed by atoms with van der Waals surface area (Å²) >= 11 is 0. The van der Waals surface area contributed by atoms with Gasteiger partial charge in [-0.05, 0) is 6.07 Å². The first kappa shape index (κ1) is 22.2. The van der Waals surface area contributed by atoms with Crippen molar-refractivity contribution in [1.29, 1.82) is 0 Å². The fraction of sp³-hybridized carbons (Fsp3) is 0.500. The number of nitro groups is 1. The van der Waals surface area contributed by atoms with Gasteiger partial charge >= 0.3 is 29.6 Å². The van der Waals surface area contributed by atoms with Gasteiger partial charge in [0.05, 0.1) is 23.8 Å². The molecular formula is C12H19N2NaO7S. The van der Waals surface area contributed by atoms with Gasteiger partial charge in [-0.15, -0.1) is 0 Å². The molecule has 0 unspecified atom stereocenters. The van der Waals surface area contributed by atoms with Crippen LogP contribution in [0.15, 0.2) is 23.1 Å². The van der Waals surface area contributed by atoms with Crippen LogP contribution in [0, 0.1) is 10.1 Å². The molecule has 0 radical (unpaired) electrons. The van der Waals surface area contributed by atoms with E-state index < -0.39 is 25.6 Å². The molecule has 0 heterocycles. The minimum atomic E-state index is -4.61. The summed E-state index contributed by atoms with van der Waals surface area (Å²) in [5.74, 6) is 0. The predicted octanol–water partition coefficient (Wildman–Crippen LogP) is 0.292. The van der Waals surface area contributed by atoms with Crippen LogP contribution in [0.2, 0.25) is 0 Å². The Bertz CT molecular complexity index is 616. The Morgan fingerprint density at radius 1 is 1.22 bits per heavy atom. The van der Waals surface area contributed by atoms with Crippen molar-refractivity contribution in [1.82, 2.24) is 0 Å². The molecule has 0 fully saturated rings. The summed E-state index contributed by atoms with van der Waals surface area (Å²) in [5, 5.41) is 10.8. The van der Waals surface area contributed by atoms with Crippen molar-refractivity contribution in [2.75, 3.05) is 45.4 Å². The molecule has 9 nitrogen and oxygen atoms in total. The zero-order chi connectivity index (χ0) is 16.8. The van der Waals surface area contributed by atoms with Crippen LogP contribution in [0.5, 0.6) is 0 Å². The second-order valence-electron chi connectivity index (χ2n) is 4.36. The van der Waals surface area contributed by atoms with Gasteiger partial charge in [0, 0.05) is 39.4 Å². The number of ether oxygens (including phenoxy) is 2. The minimum absolute atomic E-state index is 0. The molecule has 1 aromatic carbocycles. The van der Waals surface area contributed by atoms with Crippen molar-refractivity contribution in [2.24, 2.45) is 0 Å². The molecular weight excluding hydrogens is 339 g/mol. The maximum absolute atomic E-state index is 11.5. The summed E-state index contributed by atoms with van der Waals surface area (Å²) < 4.78 is 42.3. The first-order valence-corrected chi connectivity index (χ1v) is 7.74. The van der Waals surface area contributed by atoms with Crippen LogP contribution >= 0.6 is 0 Å². The van der Waals surface area contributed by atoms with Crippen LogP contribution in [0.25, 0.3) is 0 Å². The second-order valence-corrected chi connectivity index (χ2v) is 5.75. The van der Waals surface area contributed by atoms with Crippen LogP contribution in [0.3, 0.4) is 0 Å². The Labute approximate surface area is 156 Å². The van der Waals surface area contributed by atoms with Gasteiger partial charge in [0.15, 0.2) is 0 Å². The Morgan fingerprint density at radius 3 is 2.13 bits per heavy atom. The molecule has 0 aliphatic carbocycles. The number of benzene rings is 1. The normalized spacial score (nSPS) is 10.9. The topological polar surface area (TPSA) is 119 Å². The van der Waals surface area contributed by atoms with Crippen molar-refractivity contribution < 1.29 is 27.4 Å². The number of nitro benzene ring substituents is 1. The van der Waals surface area contributed by atoms with Crippen molar-refractivity contribution in [3.63, 3.8) is 0 Å². The number of anilines is 1. The Kier molecular flexibility index (Phi) is 9.85. The number of nitrogens with zero attached hydrogens (tertiary/aromatic N) is 2. The Balaban J connectivity index is 0.00000484. The van der Waals surface area contributed by atoms with E-state index >= 15 is 0 Å². The fourth-order valence-corrected chi connectivity index (χ4v) is 2.57. The molecule has 1 aromatic rings. The third-order valence-electron chi connectivity index (χ3n) is 2.90. The quantitative estimate of drug-likeness (QED) is 0.290. The molecule has 0 aliphatic rings. The monoisotopic (exact) mass is 358 g/mol. The van der Waals surface area contributed by atoms with Crippen LogP contribution in [-0.2, 0) is 19.6 Å². The average molecular weight is 358 g/mol. The molecule has 0 amide bonds. The van der Waals surface area contributed by atoms with Gasteiger partial charge in [0.1, 0.15) is 4.90 Å². The van der Waals surface area contributed by atoms with Crippen LogP contribution < -0.4 is 4.90 Å². The molecule has 0 aromatic heterocycles. The van der Waals surface area contributed by atoms with Gasteiger partial charge < -0.3 is 14.4 Å². The van der Waals surface area contributed by atoms with Gasteiger partial charge in [-0.2, -0.15) is 8.42 Å². The first-order chi connectivity index (χ1) is 10.3. The van der Waals surface area contributed by atoms with Gasteiger partial charge in [-0.3, -0.25) is 14.7 Å². The van der Waals surface area contributed by atoms with E-state index in [9.17, 15) is 23.1 Å².